The molecule has 124 valence electrons. The number of benzene rings is 1. The predicted octanol–water partition coefficient (Wildman–Crippen LogP) is 1.64. The third-order valence-electron chi connectivity index (χ3n) is 3.12. The summed E-state index contributed by atoms with van der Waals surface area (Å²) >= 11 is 1.28. The summed E-state index contributed by atoms with van der Waals surface area (Å²) in [6.07, 6.45) is 0.0770. The Balaban J connectivity index is 1.97. The average molecular weight is 337 g/mol. The smallest absolute Gasteiger partial charge is 0.240 e. The molecule has 0 radical (unpaired) electrons. The van der Waals surface area contributed by atoms with Crippen molar-refractivity contribution in [2.75, 3.05) is 26.1 Å². The van der Waals surface area contributed by atoms with Crippen LogP contribution in [0.25, 0.3) is 0 Å². The first-order valence-electron chi connectivity index (χ1n) is 7.11. The first-order valence-corrected chi connectivity index (χ1v) is 7.99. The summed E-state index contributed by atoms with van der Waals surface area (Å²) in [6, 6.07) is 5.09. The third-order valence-corrected chi connectivity index (χ3v) is 4.24. The molecule has 1 aliphatic heterocycles. The number of methoxy groups -OCH3 is 2. The van der Waals surface area contributed by atoms with E-state index < -0.39 is 5.25 Å². The molecule has 1 heterocycles. The highest BCUT2D eigenvalue weighted by Crippen LogP contribution is 2.30. The molecule has 1 fully saturated rings. The minimum absolute atomic E-state index is 0.0770. The Morgan fingerprint density at radius 1 is 1.35 bits per heavy atom. The molecule has 2 amide bonds. The molecule has 0 saturated carbocycles. The van der Waals surface area contributed by atoms with Crippen molar-refractivity contribution in [3.05, 3.63) is 18.2 Å². The molecule has 0 bridgehead atoms. The van der Waals surface area contributed by atoms with Crippen molar-refractivity contribution in [1.82, 2.24) is 5.32 Å². The number of anilines is 1. The van der Waals surface area contributed by atoms with Crippen LogP contribution in [0.2, 0.25) is 0 Å². The summed E-state index contributed by atoms with van der Waals surface area (Å²) in [5.74, 6) is 0.666. The van der Waals surface area contributed by atoms with Gasteiger partial charge in [0.2, 0.25) is 11.8 Å². The van der Waals surface area contributed by atoms with E-state index in [0.29, 0.717) is 28.9 Å². The Kier molecular flexibility index (Phi) is 5.86. The van der Waals surface area contributed by atoms with E-state index in [1.165, 1.54) is 18.9 Å². The highest BCUT2D eigenvalue weighted by molar-refractivity contribution is 8.15. The summed E-state index contributed by atoms with van der Waals surface area (Å²) < 4.78 is 10.3. The maximum absolute atomic E-state index is 12.1. The minimum atomic E-state index is -0.458. The lowest BCUT2D eigenvalue weighted by atomic mass is 10.2. The van der Waals surface area contributed by atoms with Crippen molar-refractivity contribution < 1.29 is 19.1 Å². The number of hydrogen-bond acceptors (Lipinski definition) is 6. The molecular formula is C15H19N3O4S. The summed E-state index contributed by atoms with van der Waals surface area (Å²) in [5, 5.41) is 5.53. The van der Waals surface area contributed by atoms with Gasteiger partial charge in [-0.05, 0) is 19.1 Å². The van der Waals surface area contributed by atoms with Gasteiger partial charge in [0.25, 0.3) is 0 Å². The molecule has 2 N–H and O–H groups in total. The van der Waals surface area contributed by atoms with Gasteiger partial charge in [0, 0.05) is 24.7 Å². The molecule has 23 heavy (non-hydrogen) atoms. The average Bonchev–Trinajstić information content (AvgIpc) is 2.87. The molecule has 1 aliphatic rings. The molecule has 1 saturated heterocycles. The van der Waals surface area contributed by atoms with Crippen molar-refractivity contribution >= 4 is 34.4 Å². The van der Waals surface area contributed by atoms with E-state index in [9.17, 15) is 9.59 Å². The van der Waals surface area contributed by atoms with Gasteiger partial charge in [-0.15, -0.1) is 0 Å². The van der Waals surface area contributed by atoms with Gasteiger partial charge in [-0.3, -0.25) is 14.6 Å². The number of aliphatic imine (C=N–C) groups is 1. The van der Waals surface area contributed by atoms with E-state index >= 15 is 0 Å². The topological polar surface area (TPSA) is 89.0 Å². The van der Waals surface area contributed by atoms with Crippen LogP contribution in [0.1, 0.15) is 13.3 Å². The lowest BCUT2D eigenvalue weighted by Gasteiger charge is -2.11. The summed E-state index contributed by atoms with van der Waals surface area (Å²) in [5.41, 5.74) is 0.582. The number of amides is 2. The van der Waals surface area contributed by atoms with E-state index in [1.54, 1.807) is 25.3 Å². The number of thioether (sulfide) groups is 1. The molecular weight excluding hydrogens is 318 g/mol. The quantitative estimate of drug-likeness (QED) is 0.824. The second-order valence-electron chi connectivity index (χ2n) is 4.70. The second kappa shape index (κ2) is 7.87. The Hall–Kier alpha value is -2.22. The minimum Gasteiger partial charge on any atom is -0.493 e. The fraction of sp³-hybridized carbons (Fsp3) is 0.400. The number of rotatable bonds is 6. The SMILES string of the molecule is CCN=C1NC(=O)[C@H](CC(=O)Nc2ccc(OC)c(OC)c2)S1. The van der Waals surface area contributed by atoms with Crippen molar-refractivity contribution in [1.29, 1.82) is 0 Å². The first kappa shape index (κ1) is 17.1. The Bertz CT molecular complexity index is 633. The molecule has 0 spiro atoms. The molecule has 8 heteroatoms. The second-order valence-corrected chi connectivity index (χ2v) is 5.89. The van der Waals surface area contributed by atoms with Gasteiger partial charge >= 0.3 is 0 Å². The van der Waals surface area contributed by atoms with Gasteiger partial charge < -0.3 is 20.1 Å². The fourth-order valence-electron chi connectivity index (χ4n) is 2.05. The van der Waals surface area contributed by atoms with Crippen molar-refractivity contribution in [2.45, 2.75) is 18.6 Å². The molecule has 2 rings (SSSR count). The van der Waals surface area contributed by atoms with Crippen LogP contribution < -0.4 is 20.1 Å². The summed E-state index contributed by atoms with van der Waals surface area (Å²) in [4.78, 5) is 28.1. The number of amidine groups is 1. The lowest BCUT2D eigenvalue weighted by molar-refractivity contribution is -0.122. The lowest BCUT2D eigenvalue weighted by Crippen LogP contribution is -2.28. The van der Waals surface area contributed by atoms with Gasteiger partial charge in [0.05, 0.1) is 14.2 Å². The van der Waals surface area contributed by atoms with Crippen molar-refractivity contribution in [3.8, 4) is 11.5 Å². The largest absolute Gasteiger partial charge is 0.493 e. The molecule has 1 aromatic rings. The zero-order chi connectivity index (χ0) is 16.8. The normalized spacial score (nSPS) is 18.7. The maximum Gasteiger partial charge on any atom is 0.240 e. The van der Waals surface area contributed by atoms with Crippen LogP contribution >= 0.6 is 11.8 Å². The van der Waals surface area contributed by atoms with Crippen molar-refractivity contribution in [3.63, 3.8) is 0 Å². The molecule has 1 aromatic carbocycles. The Labute approximate surface area is 138 Å². The number of carbonyl (C=O) groups is 2. The highest BCUT2D eigenvalue weighted by atomic mass is 32.2. The molecule has 0 aromatic heterocycles. The van der Waals surface area contributed by atoms with E-state index in [0.717, 1.165) is 0 Å². The number of carbonyl (C=O) groups excluding carboxylic acids is 2. The van der Waals surface area contributed by atoms with Crippen LogP contribution in [0, 0.1) is 0 Å². The van der Waals surface area contributed by atoms with Crippen LogP contribution in [-0.4, -0.2) is 43.0 Å². The number of ether oxygens (including phenoxy) is 2. The zero-order valence-corrected chi connectivity index (χ0v) is 14.0. The Morgan fingerprint density at radius 2 is 2.09 bits per heavy atom. The predicted molar refractivity (Wildman–Crippen MR) is 90.3 cm³/mol. The van der Waals surface area contributed by atoms with Crippen LogP contribution in [0.4, 0.5) is 5.69 Å². The molecule has 0 aliphatic carbocycles. The Morgan fingerprint density at radius 3 is 2.74 bits per heavy atom. The zero-order valence-electron chi connectivity index (χ0n) is 13.2. The standard InChI is InChI=1S/C15H19N3O4S/c1-4-16-15-18-14(20)12(23-15)8-13(19)17-9-5-6-10(21-2)11(7-9)22-3/h5-7,12H,4,8H2,1-3H3,(H,17,19)(H,16,18,20)/t12-/m0/s1. The number of hydrogen-bond donors (Lipinski definition) is 2. The van der Waals surface area contributed by atoms with Crippen LogP contribution in [0.15, 0.2) is 23.2 Å². The van der Waals surface area contributed by atoms with Crippen LogP contribution in [-0.2, 0) is 9.59 Å². The summed E-state index contributed by atoms with van der Waals surface area (Å²) in [7, 11) is 3.07. The van der Waals surface area contributed by atoms with Crippen molar-refractivity contribution in [2.24, 2.45) is 4.99 Å². The van der Waals surface area contributed by atoms with Gasteiger partial charge in [-0.2, -0.15) is 0 Å². The molecule has 0 unspecified atom stereocenters. The van der Waals surface area contributed by atoms with Crippen LogP contribution in [0.5, 0.6) is 11.5 Å². The van der Waals surface area contributed by atoms with Gasteiger partial charge in [0.15, 0.2) is 16.7 Å². The number of nitrogens with zero attached hydrogens (tertiary/aromatic N) is 1. The van der Waals surface area contributed by atoms with E-state index in [-0.39, 0.29) is 18.2 Å². The highest BCUT2D eigenvalue weighted by Gasteiger charge is 2.31. The van der Waals surface area contributed by atoms with E-state index in [2.05, 4.69) is 15.6 Å². The first-order chi connectivity index (χ1) is 11.1. The van der Waals surface area contributed by atoms with E-state index in [4.69, 9.17) is 9.47 Å². The van der Waals surface area contributed by atoms with Gasteiger partial charge in [-0.1, -0.05) is 11.8 Å². The maximum atomic E-state index is 12.1. The summed E-state index contributed by atoms with van der Waals surface area (Å²) in [6.45, 7) is 2.48. The van der Waals surface area contributed by atoms with Gasteiger partial charge in [-0.25, -0.2) is 0 Å². The van der Waals surface area contributed by atoms with E-state index in [1.807, 2.05) is 6.92 Å². The van der Waals surface area contributed by atoms with Gasteiger partial charge in [0.1, 0.15) is 5.25 Å². The fourth-order valence-corrected chi connectivity index (χ4v) is 3.09. The number of nitrogens with one attached hydrogen (secondary N) is 2. The molecule has 1 atom stereocenters. The third kappa shape index (κ3) is 4.38. The monoisotopic (exact) mass is 337 g/mol. The van der Waals surface area contributed by atoms with Crippen LogP contribution in [0.3, 0.4) is 0 Å². The molecule has 7 nitrogen and oxygen atoms in total.